The number of aliphatic hydroxyl groups excluding tert-OH is 3. The van der Waals surface area contributed by atoms with Crippen LogP contribution >= 0.6 is 22.6 Å². The van der Waals surface area contributed by atoms with Crippen molar-refractivity contribution in [3.63, 3.8) is 0 Å². The van der Waals surface area contributed by atoms with Crippen molar-refractivity contribution in [3.05, 3.63) is 44.2 Å². The Morgan fingerprint density at radius 2 is 1.96 bits per heavy atom. The predicted octanol–water partition coefficient (Wildman–Crippen LogP) is 1.64. The molecule has 0 bridgehead atoms. The van der Waals surface area contributed by atoms with Crippen molar-refractivity contribution < 1.29 is 30.0 Å². The van der Waals surface area contributed by atoms with Gasteiger partial charge in [-0.2, -0.15) is 0 Å². The number of rotatable bonds is 0. The van der Waals surface area contributed by atoms with Crippen LogP contribution in [0.5, 0.6) is 0 Å². The number of hydrogen-bond acceptors (Lipinski definition) is 7. The molecular formula is C17H18INO6. The minimum absolute atomic E-state index is 0.0249. The molecule has 3 unspecified atom stereocenters. The molecule has 0 spiro atoms. The first-order chi connectivity index (χ1) is 11.7. The van der Waals surface area contributed by atoms with E-state index in [1.807, 2.05) is 22.6 Å². The molecular weight excluding hydrogens is 441 g/mol. The smallest absolute Gasteiger partial charge is 0.201 e. The minimum atomic E-state index is -2.34. The van der Waals surface area contributed by atoms with Gasteiger partial charge in [0, 0.05) is 17.1 Å². The maximum atomic E-state index is 12.7. The highest BCUT2D eigenvalue weighted by atomic mass is 127. The van der Waals surface area contributed by atoms with Gasteiger partial charge in [-0.1, -0.05) is 22.6 Å². The number of allylic oxidation sites excluding steroid dienone is 3. The van der Waals surface area contributed by atoms with Gasteiger partial charge in [0.1, 0.15) is 11.5 Å². The molecule has 0 saturated heterocycles. The van der Waals surface area contributed by atoms with Crippen LogP contribution in [0.25, 0.3) is 0 Å². The summed E-state index contributed by atoms with van der Waals surface area (Å²) in [5.41, 5.74) is 4.08. The number of hydrogen-bond donors (Lipinski definition) is 5. The molecule has 1 fully saturated rings. The third-order valence-corrected chi connectivity index (χ3v) is 6.23. The van der Waals surface area contributed by atoms with Crippen molar-refractivity contribution in [2.24, 2.45) is 17.6 Å². The van der Waals surface area contributed by atoms with Crippen LogP contribution in [-0.4, -0.2) is 43.6 Å². The van der Waals surface area contributed by atoms with Gasteiger partial charge >= 0.3 is 0 Å². The van der Waals surface area contributed by atoms with Crippen molar-refractivity contribution in [1.82, 2.24) is 0 Å². The molecule has 0 heterocycles. The van der Waals surface area contributed by atoms with E-state index in [4.69, 9.17) is 5.73 Å². The summed E-state index contributed by atoms with van der Waals surface area (Å²) in [4.78, 5) is 25.3. The number of halogens is 1. The van der Waals surface area contributed by atoms with Crippen LogP contribution in [0.4, 0.5) is 0 Å². The van der Waals surface area contributed by atoms with Gasteiger partial charge in [0.25, 0.3) is 0 Å². The number of carbonyl (C=O) groups excluding carboxylic acids is 2. The summed E-state index contributed by atoms with van der Waals surface area (Å²) in [5, 5.41) is 41.2. The van der Waals surface area contributed by atoms with Crippen molar-refractivity contribution >= 4 is 34.2 Å². The van der Waals surface area contributed by atoms with Gasteiger partial charge in [0.05, 0.1) is 17.9 Å². The molecule has 0 aromatic heterocycles. The summed E-state index contributed by atoms with van der Waals surface area (Å²) >= 11 is 1.96. The van der Waals surface area contributed by atoms with E-state index >= 15 is 0 Å². The zero-order valence-electron chi connectivity index (χ0n) is 13.4. The standard InChI is InChI=1S/C17H18INO6/c1-6-13(21)12(19)10-3-7-2-8(4-18)9(5-20)14(22)11(7)16(24)17(10,25)15(6)23/h4-5,7,10,12,20-21,24-25H,2-3,19H2,1H3/b8-4+,9-5-/t7?,10?,12?,17-/m1/s1. The molecule has 0 aliphatic heterocycles. The van der Waals surface area contributed by atoms with Gasteiger partial charge in [-0.25, -0.2) is 0 Å². The van der Waals surface area contributed by atoms with Gasteiger partial charge in [0.15, 0.2) is 11.4 Å². The number of fused-ring (bicyclic) bond motifs is 2. The molecule has 0 amide bonds. The Labute approximate surface area is 157 Å². The highest BCUT2D eigenvalue weighted by molar-refractivity contribution is 14.1. The molecule has 6 N–H and O–H groups in total. The molecule has 1 saturated carbocycles. The van der Waals surface area contributed by atoms with Crippen LogP contribution in [0.1, 0.15) is 19.8 Å². The Kier molecular flexibility index (Phi) is 4.33. The summed E-state index contributed by atoms with van der Waals surface area (Å²) in [6.45, 7) is 1.31. The Balaban J connectivity index is 2.23. The van der Waals surface area contributed by atoms with Crippen molar-refractivity contribution in [2.45, 2.75) is 31.4 Å². The van der Waals surface area contributed by atoms with Crippen molar-refractivity contribution in [2.75, 3.05) is 0 Å². The van der Waals surface area contributed by atoms with Crippen LogP contribution in [0, 0.1) is 11.8 Å². The molecule has 4 atom stereocenters. The van der Waals surface area contributed by atoms with Gasteiger partial charge in [-0.3, -0.25) is 9.59 Å². The number of aliphatic hydroxyl groups is 4. The molecule has 25 heavy (non-hydrogen) atoms. The second-order valence-electron chi connectivity index (χ2n) is 6.64. The fourth-order valence-corrected chi connectivity index (χ4v) is 4.67. The lowest BCUT2D eigenvalue weighted by Gasteiger charge is -2.48. The molecule has 3 aliphatic rings. The first kappa shape index (κ1) is 18.2. The number of ketones is 2. The molecule has 7 nitrogen and oxygen atoms in total. The Bertz CT molecular complexity index is 808. The maximum Gasteiger partial charge on any atom is 0.201 e. The monoisotopic (exact) mass is 459 g/mol. The fourth-order valence-electron chi connectivity index (χ4n) is 4.08. The average molecular weight is 459 g/mol. The average Bonchev–Trinajstić information content (AvgIpc) is 2.60. The minimum Gasteiger partial charge on any atom is -0.515 e. The summed E-state index contributed by atoms with van der Waals surface area (Å²) in [5.74, 6) is -3.92. The summed E-state index contributed by atoms with van der Waals surface area (Å²) in [6.07, 6.45) is 1.17. The van der Waals surface area contributed by atoms with E-state index in [-0.39, 0.29) is 28.9 Å². The fraction of sp³-hybridized carbons (Fsp3) is 0.412. The highest BCUT2D eigenvalue weighted by Crippen LogP contribution is 2.51. The normalized spacial score (nSPS) is 39.1. The molecule has 134 valence electrons. The molecule has 0 aromatic carbocycles. The third kappa shape index (κ3) is 2.24. The van der Waals surface area contributed by atoms with Crippen LogP contribution < -0.4 is 5.73 Å². The first-order valence-corrected chi connectivity index (χ1v) is 8.99. The number of Topliss-reactive ketones (excluding diaryl/α,β-unsaturated/α-hetero) is 2. The van der Waals surface area contributed by atoms with E-state index in [0.29, 0.717) is 18.3 Å². The molecule has 8 heteroatoms. The zero-order valence-corrected chi connectivity index (χ0v) is 15.5. The van der Waals surface area contributed by atoms with Crippen molar-refractivity contribution in [3.8, 4) is 0 Å². The second-order valence-corrected chi connectivity index (χ2v) is 7.27. The molecule has 0 aromatic rings. The van der Waals surface area contributed by atoms with Gasteiger partial charge in [-0.05, 0) is 35.3 Å². The largest absolute Gasteiger partial charge is 0.515 e. The maximum absolute atomic E-state index is 12.7. The number of nitrogens with two attached hydrogens (primary N) is 1. The van der Waals surface area contributed by atoms with Crippen molar-refractivity contribution in [1.29, 1.82) is 0 Å². The summed E-state index contributed by atoms with van der Waals surface area (Å²) in [6, 6.07) is -1.02. The predicted molar refractivity (Wildman–Crippen MR) is 97.0 cm³/mol. The molecule has 3 aliphatic carbocycles. The van der Waals surface area contributed by atoms with E-state index < -0.39 is 40.8 Å². The van der Waals surface area contributed by atoms with Gasteiger partial charge in [-0.15, -0.1) is 0 Å². The Morgan fingerprint density at radius 3 is 2.52 bits per heavy atom. The number of carbonyl (C=O) groups is 2. The Hall–Kier alpha value is -1.65. The van der Waals surface area contributed by atoms with Crippen LogP contribution in [-0.2, 0) is 9.59 Å². The van der Waals surface area contributed by atoms with E-state index in [9.17, 15) is 30.0 Å². The van der Waals surface area contributed by atoms with Gasteiger partial charge in [0.2, 0.25) is 5.78 Å². The van der Waals surface area contributed by atoms with E-state index in [0.717, 1.165) is 0 Å². The van der Waals surface area contributed by atoms with Crippen LogP contribution in [0.2, 0.25) is 0 Å². The van der Waals surface area contributed by atoms with Crippen LogP contribution in [0.15, 0.2) is 44.2 Å². The quantitative estimate of drug-likeness (QED) is 0.211. The molecule has 0 radical (unpaired) electrons. The van der Waals surface area contributed by atoms with Gasteiger partial charge < -0.3 is 26.2 Å². The third-order valence-electron chi connectivity index (χ3n) is 5.48. The summed E-state index contributed by atoms with van der Waals surface area (Å²) < 4.78 is 1.67. The van der Waals surface area contributed by atoms with E-state index in [1.54, 1.807) is 4.08 Å². The topological polar surface area (TPSA) is 141 Å². The SMILES string of the molecule is CC1=C(O)C(N)C2CC3CC(=C\I)/C(=C/O)C(=O)C3=C(O)[C@]2(O)C1=O. The van der Waals surface area contributed by atoms with E-state index in [2.05, 4.69) is 0 Å². The second kappa shape index (κ2) is 5.96. The first-order valence-electron chi connectivity index (χ1n) is 7.74. The zero-order chi connectivity index (χ0) is 18.7. The lowest BCUT2D eigenvalue weighted by molar-refractivity contribution is -0.144. The molecule has 3 rings (SSSR count). The summed E-state index contributed by atoms with van der Waals surface area (Å²) in [7, 11) is 0. The highest BCUT2D eigenvalue weighted by Gasteiger charge is 2.60. The van der Waals surface area contributed by atoms with E-state index in [1.165, 1.54) is 6.92 Å². The van der Waals surface area contributed by atoms with Crippen LogP contribution in [0.3, 0.4) is 0 Å². The lowest BCUT2D eigenvalue weighted by Crippen LogP contribution is -2.62. The lowest BCUT2D eigenvalue weighted by atomic mass is 9.59. The Morgan fingerprint density at radius 1 is 1.32 bits per heavy atom.